The van der Waals surface area contributed by atoms with Crippen LogP contribution >= 0.6 is 0 Å². The van der Waals surface area contributed by atoms with Gasteiger partial charge >= 0.3 is 0 Å². The summed E-state index contributed by atoms with van der Waals surface area (Å²) in [5.74, 6) is 0. The second kappa shape index (κ2) is 10.4. The third-order valence-electron chi connectivity index (χ3n) is 0.192. The lowest BCUT2D eigenvalue weighted by molar-refractivity contribution is 0.406. The second-order valence-electron chi connectivity index (χ2n) is 0.687. The molecule has 1 N–H and O–H groups in total. The lowest BCUT2D eigenvalue weighted by Crippen LogP contribution is -1.75. The Kier molecular flexibility index (Phi) is 12.9. The van der Waals surface area contributed by atoms with E-state index in [0.717, 1.165) is 0 Å². The van der Waals surface area contributed by atoms with E-state index in [0.29, 0.717) is 0 Å². The average Bonchev–Trinajstić information content (AvgIpc) is 1.66. The first-order chi connectivity index (χ1) is 4.15. The molecule has 54 valence electrons. The molecule has 0 fully saturated rings. The van der Waals surface area contributed by atoms with E-state index in [1.165, 1.54) is 12.5 Å². The molecule has 0 aliphatic heterocycles. The number of rotatable bonds is 2. The van der Waals surface area contributed by atoms with Crippen LogP contribution in [0.2, 0.25) is 0 Å². The van der Waals surface area contributed by atoms with Crippen LogP contribution in [0.3, 0.4) is 0 Å². The SMILES string of the molecule is C=COC=C.O=S([O-])O. The van der Waals surface area contributed by atoms with Gasteiger partial charge in [0.05, 0.1) is 23.9 Å². The van der Waals surface area contributed by atoms with Gasteiger partial charge in [0.2, 0.25) is 0 Å². The molecule has 1 unspecified atom stereocenters. The van der Waals surface area contributed by atoms with Gasteiger partial charge in [0, 0.05) is 0 Å². The molecule has 0 radical (unpaired) electrons. The van der Waals surface area contributed by atoms with Crippen molar-refractivity contribution in [3.8, 4) is 0 Å². The van der Waals surface area contributed by atoms with Crippen molar-refractivity contribution in [3.63, 3.8) is 0 Å². The molecule has 4 nitrogen and oxygen atoms in total. The molecule has 0 bridgehead atoms. The van der Waals surface area contributed by atoms with Crippen molar-refractivity contribution >= 4 is 11.4 Å². The zero-order chi connectivity index (χ0) is 7.70. The number of hydrogen-bond donors (Lipinski definition) is 1. The quantitative estimate of drug-likeness (QED) is 0.464. The van der Waals surface area contributed by atoms with Gasteiger partial charge in [0.25, 0.3) is 0 Å². The van der Waals surface area contributed by atoms with Crippen molar-refractivity contribution in [2.75, 3.05) is 0 Å². The van der Waals surface area contributed by atoms with E-state index in [1.807, 2.05) is 0 Å². The normalized spacial score (nSPS) is 10.0. The third kappa shape index (κ3) is 115. The van der Waals surface area contributed by atoms with Crippen LogP contribution in [0.5, 0.6) is 0 Å². The van der Waals surface area contributed by atoms with E-state index < -0.39 is 11.4 Å². The van der Waals surface area contributed by atoms with E-state index in [2.05, 4.69) is 17.9 Å². The van der Waals surface area contributed by atoms with E-state index >= 15 is 0 Å². The molecule has 0 amide bonds. The Morgan fingerprint density at radius 2 is 1.78 bits per heavy atom. The Morgan fingerprint density at radius 3 is 1.78 bits per heavy atom. The zero-order valence-electron chi connectivity index (χ0n) is 4.65. The van der Waals surface area contributed by atoms with Gasteiger partial charge in [0.15, 0.2) is 0 Å². The van der Waals surface area contributed by atoms with Crippen molar-refractivity contribution in [1.29, 1.82) is 0 Å². The highest BCUT2D eigenvalue weighted by atomic mass is 32.2. The van der Waals surface area contributed by atoms with E-state index in [1.54, 1.807) is 0 Å². The third-order valence-corrected chi connectivity index (χ3v) is 0.192. The Bertz CT molecular complexity index is 90.7. The van der Waals surface area contributed by atoms with Crippen LogP contribution in [-0.2, 0) is 16.1 Å². The lowest BCUT2D eigenvalue weighted by atomic mass is 11.1. The molecule has 0 spiro atoms. The minimum Gasteiger partial charge on any atom is -0.750 e. The molecule has 0 rings (SSSR count). The Labute approximate surface area is 56.0 Å². The molecule has 0 aromatic heterocycles. The van der Waals surface area contributed by atoms with E-state index in [4.69, 9.17) is 13.3 Å². The molecular weight excluding hydrogens is 144 g/mol. The molecule has 0 heterocycles. The van der Waals surface area contributed by atoms with E-state index in [-0.39, 0.29) is 0 Å². The molecular formula is C4H7O4S-. The van der Waals surface area contributed by atoms with Crippen LogP contribution in [-0.4, -0.2) is 13.3 Å². The summed E-state index contributed by atoms with van der Waals surface area (Å²) in [5.41, 5.74) is 0. The summed E-state index contributed by atoms with van der Waals surface area (Å²) in [7, 11) is 0. The predicted molar refractivity (Wildman–Crippen MR) is 33.0 cm³/mol. The van der Waals surface area contributed by atoms with Crippen molar-refractivity contribution in [2.24, 2.45) is 0 Å². The summed E-state index contributed by atoms with van der Waals surface area (Å²) in [4.78, 5) is 0. The van der Waals surface area contributed by atoms with Crippen LogP contribution in [0.4, 0.5) is 0 Å². The largest absolute Gasteiger partial charge is 0.750 e. The van der Waals surface area contributed by atoms with Gasteiger partial charge in [-0.05, 0) is 0 Å². The van der Waals surface area contributed by atoms with Gasteiger partial charge in [-0.3, -0.25) is 0 Å². The molecule has 0 aliphatic carbocycles. The van der Waals surface area contributed by atoms with Crippen LogP contribution in [0.1, 0.15) is 0 Å². The fourth-order valence-corrected chi connectivity index (χ4v) is 0.0680. The van der Waals surface area contributed by atoms with Crippen LogP contribution in [0.25, 0.3) is 0 Å². The van der Waals surface area contributed by atoms with Crippen LogP contribution < -0.4 is 0 Å². The van der Waals surface area contributed by atoms with Gasteiger partial charge in [-0.2, -0.15) is 0 Å². The van der Waals surface area contributed by atoms with Gasteiger partial charge in [0.1, 0.15) is 0 Å². The highest BCUT2D eigenvalue weighted by molar-refractivity contribution is 7.73. The minimum atomic E-state index is -2.86. The maximum absolute atomic E-state index is 8.56. The molecule has 5 heteroatoms. The van der Waals surface area contributed by atoms with Crippen molar-refractivity contribution in [2.45, 2.75) is 0 Å². The summed E-state index contributed by atoms with van der Waals surface area (Å²) < 4.78 is 28.4. The molecule has 9 heavy (non-hydrogen) atoms. The van der Waals surface area contributed by atoms with Gasteiger partial charge in [-0.1, -0.05) is 13.2 Å². The standard InChI is InChI=1S/C4H6O.H2O3S/c1-3-5-4-2;1-4(2)3/h3-4H,1-2H2;(H2,1,2,3)/p-1. The summed E-state index contributed by atoms with van der Waals surface area (Å²) >= 11 is -2.86. The van der Waals surface area contributed by atoms with Crippen molar-refractivity contribution < 1.29 is 18.1 Å². The molecule has 0 saturated carbocycles. The Hall–Kier alpha value is -0.650. The lowest BCUT2D eigenvalue weighted by Gasteiger charge is -1.83. The van der Waals surface area contributed by atoms with Crippen molar-refractivity contribution in [1.82, 2.24) is 0 Å². The van der Waals surface area contributed by atoms with Crippen LogP contribution in [0, 0.1) is 0 Å². The van der Waals surface area contributed by atoms with Gasteiger partial charge in [-0.25, -0.2) is 4.21 Å². The smallest absolute Gasteiger partial charge is 0.0829 e. The minimum absolute atomic E-state index is 1.31. The molecule has 1 atom stereocenters. The predicted octanol–water partition coefficient (Wildman–Crippen LogP) is 0.628. The summed E-state index contributed by atoms with van der Waals surface area (Å²) in [6.45, 7) is 6.51. The average molecular weight is 151 g/mol. The van der Waals surface area contributed by atoms with Gasteiger partial charge < -0.3 is 13.8 Å². The highest BCUT2D eigenvalue weighted by Gasteiger charge is 1.45. The van der Waals surface area contributed by atoms with Gasteiger partial charge in [-0.15, -0.1) is 0 Å². The number of hydrogen-bond acceptors (Lipinski definition) is 3. The second-order valence-corrected chi connectivity index (χ2v) is 1.12. The Morgan fingerprint density at radius 1 is 1.56 bits per heavy atom. The van der Waals surface area contributed by atoms with E-state index in [9.17, 15) is 0 Å². The first-order valence-corrected chi connectivity index (χ1v) is 2.84. The monoisotopic (exact) mass is 151 g/mol. The fraction of sp³-hybridized carbons (Fsp3) is 0. The zero-order valence-corrected chi connectivity index (χ0v) is 5.47. The maximum atomic E-state index is 8.56. The van der Waals surface area contributed by atoms with Crippen LogP contribution in [0.15, 0.2) is 25.7 Å². The topological polar surface area (TPSA) is 69.6 Å². The highest BCUT2D eigenvalue weighted by Crippen LogP contribution is 1.65. The summed E-state index contributed by atoms with van der Waals surface area (Å²) in [5, 5.41) is 0. The molecule has 0 aromatic carbocycles. The maximum Gasteiger partial charge on any atom is 0.0829 e. The fourth-order valence-electron chi connectivity index (χ4n) is 0.0680. The molecule has 0 aromatic rings. The number of ether oxygens (including phenoxy) is 1. The first-order valence-electron chi connectivity index (χ1n) is 1.80. The van der Waals surface area contributed by atoms with Crippen molar-refractivity contribution in [3.05, 3.63) is 25.7 Å². The first kappa shape index (κ1) is 11.2. The molecule has 0 saturated heterocycles. The summed E-state index contributed by atoms with van der Waals surface area (Å²) in [6, 6.07) is 0. The Balaban J connectivity index is 0. The summed E-state index contributed by atoms with van der Waals surface area (Å²) in [6.07, 6.45) is 2.62. The molecule has 0 aliphatic rings.